The first-order chi connectivity index (χ1) is 8.24. The summed E-state index contributed by atoms with van der Waals surface area (Å²) in [6.45, 7) is 5.82. The van der Waals surface area contributed by atoms with Gasteiger partial charge in [-0.1, -0.05) is 26.0 Å². The van der Waals surface area contributed by atoms with E-state index in [-0.39, 0.29) is 0 Å². The van der Waals surface area contributed by atoms with Crippen LogP contribution in [0.5, 0.6) is 0 Å². The highest BCUT2D eigenvalue weighted by Crippen LogP contribution is 2.37. The normalized spacial score (nSPS) is 27.8. The van der Waals surface area contributed by atoms with Crippen LogP contribution in [0.3, 0.4) is 0 Å². The van der Waals surface area contributed by atoms with Gasteiger partial charge in [0.15, 0.2) is 0 Å². The van der Waals surface area contributed by atoms with Gasteiger partial charge in [0, 0.05) is 18.3 Å². The first-order valence-corrected chi connectivity index (χ1v) is 7.10. The van der Waals surface area contributed by atoms with E-state index in [9.17, 15) is 0 Å². The zero-order valence-corrected chi connectivity index (χ0v) is 11.0. The van der Waals surface area contributed by atoms with E-state index in [0.717, 1.165) is 12.0 Å². The van der Waals surface area contributed by atoms with Gasteiger partial charge in [0.25, 0.3) is 0 Å². The molecular formula is C16H23N. The molecule has 0 aromatic heterocycles. The molecule has 0 spiro atoms. The van der Waals surface area contributed by atoms with E-state index in [2.05, 4.69) is 43.0 Å². The van der Waals surface area contributed by atoms with Crippen LogP contribution < -0.4 is 4.90 Å². The minimum absolute atomic E-state index is 0.641. The molecule has 1 saturated carbocycles. The van der Waals surface area contributed by atoms with Crippen molar-refractivity contribution in [1.82, 2.24) is 0 Å². The average Bonchev–Trinajstić information content (AvgIpc) is 2.40. The molecule has 0 amide bonds. The van der Waals surface area contributed by atoms with E-state index in [1.54, 1.807) is 0 Å². The molecule has 0 unspecified atom stereocenters. The number of hydrogen-bond acceptors (Lipinski definition) is 1. The number of benzene rings is 1. The Balaban J connectivity index is 1.80. The summed E-state index contributed by atoms with van der Waals surface area (Å²) in [4.78, 5) is 2.65. The lowest BCUT2D eigenvalue weighted by atomic mass is 9.79. The predicted octanol–water partition coefficient (Wildman–Crippen LogP) is 4.19. The van der Waals surface area contributed by atoms with Gasteiger partial charge in [-0.25, -0.2) is 0 Å². The molecule has 3 aliphatic rings. The topological polar surface area (TPSA) is 3.24 Å². The Morgan fingerprint density at radius 3 is 2.12 bits per heavy atom. The molecule has 4 rings (SSSR count). The molecule has 1 aromatic carbocycles. The standard InChI is InChI=1S/C16H23N/c1-12(2)14-5-9-16(10-6-14)17-11-13-3-7-15(17)8-4-13/h5-6,9-10,12-13,15H,3-4,7-8,11H2,1-2H3. The van der Waals surface area contributed by atoms with Gasteiger partial charge in [-0.05, 0) is 55.2 Å². The third kappa shape index (κ3) is 2.08. The van der Waals surface area contributed by atoms with Crippen molar-refractivity contribution < 1.29 is 0 Å². The van der Waals surface area contributed by atoms with E-state index in [1.807, 2.05) is 0 Å². The fraction of sp³-hybridized carbons (Fsp3) is 0.625. The van der Waals surface area contributed by atoms with Gasteiger partial charge < -0.3 is 4.90 Å². The molecule has 1 heteroatoms. The minimum atomic E-state index is 0.641. The number of piperidine rings is 2. The van der Waals surface area contributed by atoms with Crippen LogP contribution in [0.2, 0.25) is 0 Å². The summed E-state index contributed by atoms with van der Waals surface area (Å²) in [5.74, 6) is 1.60. The number of fused-ring (bicyclic) bond motifs is 3. The molecule has 0 atom stereocenters. The second-order valence-corrected chi connectivity index (χ2v) is 6.07. The van der Waals surface area contributed by atoms with E-state index in [0.29, 0.717) is 5.92 Å². The molecule has 17 heavy (non-hydrogen) atoms. The van der Waals surface area contributed by atoms with Gasteiger partial charge in [0.05, 0.1) is 0 Å². The summed E-state index contributed by atoms with van der Waals surface area (Å²) in [6, 6.07) is 10.1. The van der Waals surface area contributed by atoms with Crippen molar-refractivity contribution in [3.63, 3.8) is 0 Å². The van der Waals surface area contributed by atoms with E-state index >= 15 is 0 Å². The largest absolute Gasteiger partial charge is 0.368 e. The lowest BCUT2D eigenvalue weighted by Gasteiger charge is -2.46. The third-order valence-electron chi connectivity index (χ3n) is 4.60. The number of anilines is 1. The van der Waals surface area contributed by atoms with Crippen molar-refractivity contribution in [3.05, 3.63) is 29.8 Å². The second-order valence-electron chi connectivity index (χ2n) is 6.07. The zero-order valence-electron chi connectivity index (χ0n) is 11.0. The van der Waals surface area contributed by atoms with Crippen LogP contribution in [0.1, 0.15) is 51.0 Å². The highest BCUT2D eigenvalue weighted by Gasteiger charge is 2.33. The van der Waals surface area contributed by atoms with Gasteiger partial charge >= 0.3 is 0 Å². The van der Waals surface area contributed by atoms with Crippen LogP contribution in [-0.2, 0) is 0 Å². The molecule has 3 fully saturated rings. The summed E-state index contributed by atoms with van der Waals surface area (Å²) in [6.07, 6.45) is 5.75. The smallest absolute Gasteiger partial charge is 0.0368 e. The Kier molecular flexibility index (Phi) is 2.85. The number of rotatable bonds is 2. The highest BCUT2D eigenvalue weighted by molar-refractivity contribution is 5.50. The van der Waals surface area contributed by atoms with Crippen molar-refractivity contribution in [2.45, 2.75) is 51.5 Å². The Morgan fingerprint density at radius 1 is 1.00 bits per heavy atom. The van der Waals surface area contributed by atoms with Crippen LogP contribution in [0, 0.1) is 5.92 Å². The second kappa shape index (κ2) is 4.36. The molecule has 2 saturated heterocycles. The molecular weight excluding hydrogens is 206 g/mol. The van der Waals surface area contributed by atoms with Crippen molar-refractivity contribution in [2.75, 3.05) is 11.4 Å². The van der Waals surface area contributed by atoms with Gasteiger partial charge in [-0.3, -0.25) is 0 Å². The van der Waals surface area contributed by atoms with Gasteiger partial charge in [0.1, 0.15) is 0 Å². The lowest BCUT2D eigenvalue weighted by Crippen LogP contribution is -2.48. The Labute approximate surface area is 105 Å². The summed E-state index contributed by atoms with van der Waals surface area (Å²) < 4.78 is 0. The molecule has 2 bridgehead atoms. The summed E-state index contributed by atoms with van der Waals surface area (Å²) >= 11 is 0. The van der Waals surface area contributed by atoms with Gasteiger partial charge in [0.2, 0.25) is 0 Å². The van der Waals surface area contributed by atoms with Crippen molar-refractivity contribution in [1.29, 1.82) is 0 Å². The Hall–Kier alpha value is -0.980. The van der Waals surface area contributed by atoms with Gasteiger partial charge in [-0.15, -0.1) is 0 Å². The first-order valence-electron chi connectivity index (χ1n) is 7.10. The predicted molar refractivity (Wildman–Crippen MR) is 73.6 cm³/mol. The molecule has 2 heterocycles. The van der Waals surface area contributed by atoms with Crippen LogP contribution in [0.15, 0.2) is 24.3 Å². The van der Waals surface area contributed by atoms with Gasteiger partial charge in [-0.2, -0.15) is 0 Å². The maximum absolute atomic E-state index is 2.65. The molecule has 0 N–H and O–H groups in total. The molecule has 1 aliphatic carbocycles. The molecule has 0 radical (unpaired) electrons. The average molecular weight is 229 g/mol. The van der Waals surface area contributed by atoms with Crippen LogP contribution in [-0.4, -0.2) is 12.6 Å². The summed E-state index contributed by atoms with van der Waals surface area (Å²) in [7, 11) is 0. The summed E-state index contributed by atoms with van der Waals surface area (Å²) in [5, 5.41) is 0. The maximum atomic E-state index is 2.65. The Bertz CT molecular complexity index is 371. The number of nitrogens with zero attached hydrogens (tertiary/aromatic N) is 1. The van der Waals surface area contributed by atoms with E-state index in [1.165, 1.54) is 43.5 Å². The first kappa shape index (κ1) is 11.1. The van der Waals surface area contributed by atoms with E-state index in [4.69, 9.17) is 0 Å². The van der Waals surface area contributed by atoms with Crippen LogP contribution in [0.25, 0.3) is 0 Å². The molecule has 92 valence electrons. The highest BCUT2D eigenvalue weighted by atomic mass is 15.2. The zero-order chi connectivity index (χ0) is 11.8. The fourth-order valence-electron chi connectivity index (χ4n) is 3.43. The summed E-state index contributed by atoms with van der Waals surface area (Å²) in [5.41, 5.74) is 2.90. The monoisotopic (exact) mass is 229 g/mol. The maximum Gasteiger partial charge on any atom is 0.0368 e. The molecule has 2 aliphatic heterocycles. The van der Waals surface area contributed by atoms with E-state index < -0.39 is 0 Å². The molecule has 1 nitrogen and oxygen atoms in total. The molecule has 1 aromatic rings. The minimum Gasteiger partial charge on any atom is -0.368 e. The third-order valence-corrected chi connectivity index (χ3v) is 4.60. The van der Waals surface area contributed by atoms with Crippen LogP contribution >= 0.6 is 0 Å². The quantitative estimate of drug-likeness (QED) is 0.735. The fourth-order valence-corrected chi connectivity index (χ4v) is 3.43. The van der Waals surface area contributed by atoms with Crippen molar-refractivity contribution in [3.8, 4) is 0 Å². The van der Waals surface area contributed by atoms with Crippen molar-refractivity contribution >= 4 is 5.69 Å². The Morgan fingerprint density at radius 2 is 1.65 bits per heavy atom. The number of hydrogen-bond donors (Lipinski definition) is 0. The van der Waals surface area contributed by atoms with Crippen LogP contribution in [0.4, 0.5) is 5.69 Å². The lowest BCUT2D eigenvalue weighted by molar-refractivity contribution is 0.252. The SMILES string of the molecule is CC(C)c1ccc(N2CC3CCC2CC3)cc1. The van der Waals surface area contributed by atoms with Crippen molar-refractivity contribution in [2.24, 2.45) is 5.92 Å².